The molecule has 0 radical (unpaired) electrons. The van der Waals surface area contributed by atoms with E-state index >= 15 is 0 Å². The van der Waals surface area contributed by atoms with Gasteiger partial charge in [-0.3, -0.25) is 9.69 Å². The van der Waals surface area contributed by atoms with E-state index in [0.717, 1.165) is 55.0 Å². The lowest BCUT2D eigenvalue weighted by molar-refractivity contribution is -0.127. The van der Waals surface area contributed by atoms with Crippen LogP contribution in [0, 0.1) is 5.92 Å². The molecule has 0 aliphatic carbocycles. The first-order valence-corrected chi connectivity index (χ1v) is 11.7. The summed E-state index contributed by atoms with van der Waals surface area (Å²) in [5.41, 5.74) is 1.98. The zero-order valence-electron chi connectivity index (χ0n) is 20.0. The van der Waals surface area contributed by atoms with Crippen LogP contribution in [0.5, 0.6) is 11.5 Å². The van der Waals surface area contributed by atoms with Crippen molar-refractivity contribution in [3.05, 3.63) is 60.0 Å². The third kappa shape index (κ3) is 5.75. The largest absolute Gasteiger partial charge is 0.497 e. The van der Waals surface area contributed by atoms with Crippen LogP contribution in [-0.2, 0) is 11.3 Å². The number of amides is 1. The molecule has 1 atom stereocenters. The average Bonchev–Trinajstić information content (AvgIpc) is 3.36. The number of carbonyl (C=O) groups is 1. The van der Waals surface area contributed by atoms with Crippen molar-refractivity contribution in [2.75, 3.05) is 27.3 Å². The number of rotatable bonds is 9. The molecule has 1 unspecified atom stereocenters. The van der Waals surface area contributed by atoms with Gasteiger partial charge in [0, 0.05) is 11.5 Å². The maximum absolute atomic E-state index is 12.9. The van der Waals surface area contributed by atoms with Crippen molar-refractivity contribution in [1.82, 2.24) is 20.4 Å². The molecule has 1 aromatic heterocycles. The monoisotopic (exact) mass is 464 g/mol. The molecule has 2 aromatic carbocycles. The maximum Gasteiger partial charge on any atom is 0.241 e. The predicted octanol–water partition coefficient (Wildman–Crippen LogP) is 4.23. The molecule has 34 heavy (non-hydrogen) atoms. The molecule has 3 aromatic rings. The average molecular weight is 465 g/mol. The van der Waals surface area contributed by atoms with Crippen molar-refractivity contribution in [3.8, 4) is 22.9 Å². The Morgan fingerprint density at radius 1 is 1.06 bits per heavy atom. The quantitative estimate of drug-likeness (QED) is 0.507. The van der Waals surface area contributed by atoms with Crippen LogP contribution in [0.4, 0.5) is 0 Å². The highest BCUT2D eigenvalue weighted by Crippen LogP contribution is 2.24. The Morgan fingerprint density at radius 3 is 2.26 bits per heavy atom. The van der Waals surface area contributed by atoms with E-state index in [4.69, 9.17) is 14.0 Å². The van der Waals surface area contributed by atoms with E-state index in [2.05, 4.69) is 27.3 Å². The highest BCUT2D eigenvalue weighted by molar-refractivity contribution is 5.79. The highest BCUT2D eigenvalue weighted by Gasteiger charge is 2.27. The van der Waals surface area contributed by atoms with Gasteiger partial charge in [0.25, 0.3) is 0 Å². The summed E-state index contributed by atoms with van der Waals surface area (Å²) in [6.07, 6.45) is 2.46. The molecule has 1 fully saturated rings. The van der Waals surface area contributed by atoms with Crippen molar-refractivity contribution in [3.63, 3.8) is 0 Å². The Kier molecular flexibility index (Phi) is 7.80. The first kappa shape index (κ1) is 23.8. The van der Waals surface area contributed by atoms with Crippen molar-refractivity contribution >= 4 is 5.91 Å². The zero-order valence-corrected chi connectivity index (χ0v) is 20.0. The number of likely N-dealkylation sites (tertiary alicyclic amines) is 1. The molecule has 2 heterocycles. The normalized spacial score (nSPS) is 15.6. The lowest BCUT2D eigenvalue weighted by Crippen LogP contribution is -2.41. The Bertz CT molecular complexity index is 1060. The van der Waals surface area contributed by atoms with Gasteiger partial charge in [0.1, 0.15) is 11.5 Å². The molecule has 1 aliphatic heterocycles. The van der Waals surface area contributed by atoms with Crippen LogP contribution < -0.4 is 14.8 Å². The fourth-order valence-electron chi connectivity index (χ4n) is 4.27. The zero-order chi connectivity index (χ0) is 23.9. The Labute approximate surface area is 200 Å². The number of nitrogens with zero attached hydrogens (tertiary/aromatic N) is 3. The van der Waals surface area contributed by atoms with Crippen molar-refractivity contribution < 1.29 is 18.8 Å². The molecule has 1 amide bonds. The van der Waals surface area contributed by atoms with Crippen molar-refractivity contribution in [2.24, 2.45) is 5.92 Å². The van der Waals surface area contributed by atoms with Crippen LogP contribution in [0.15, 0.2) is 53.1 Å². The van der Waals surface area contributed by atoms with E-state index in [9.17, 15) is 4.79 Å². The number of methoxy groups -OCH3 is 2. The van der Waals surface area contributed by atoms with E-state index in [-0.39, 0.29) is 17.9 Å². The minimum absolute atomic E-state index is 0.00574. The lowest BCUT2D eigenvalue weighted by Gasteiger charge is -2.31. The van der Waals surface area contributed by atoms with Crippen LogP contribution in [0.25, 0.3) is 11.4 Å². The van der Waals surface area contributed by atoms with Gasteiger partial charge in [0.2, 0.25) is 17.6 Å². The molecular weight excluding hydrogens is 432 g/mol. The summed E-state index contributed by atoms with van der Waals surface area (Å²) in [6, 6.07) is 15.5. The second-order valence-corrected chi connectivity index (χ2v) is 8.53. The molecule has 4 rings (SSSR count). The van der Waals surface area contributed by atoms with Gasteiger partial charge in [-0.15, -0.1) is 0 Å². The van der Waals surface area contributed by atoms with Crippen molar-refractivity contribution in [2.45, 2.75) is 38.8 Å². The molecule has 1 aliphatic rings. The first-order chi connectivity index (χ1) is 16.6. The lowest BCUT2D eigenvalue weighted by atomic mass is 9.94. The summed E-state index contributed by atoms with van der Waals surface area (Å²) in [7, 11) is 3.29. The van der Waals surface area contributed by atoms with Gasteiger partial charge in [0.05, 0.1) is 26.8 Å². The summed E-state index contributed by atoms with van der Waals surface area (Å²) >= 11 is 0. The van der Waals surface area contributed by atoms with Crippen LogP contribution in [0.2, 0.25) is 0 Å². The van der Waals surface area contributed by atoms with Crippen LogP contribution in [0.1, 0.15) is 43.7 Å². The van der Waals surface area contributed by atoms with Gasteiger partial charge >= 0.3 is 0 Å². The SMILES string of the molecule is CCC(NC(=O)C1CCN(Cc2nc(-c3ccc(OC)cc3)no2)CC1)c1ccc(OC)cc1. The van der Waals surface area contributed by atoms with Gasteiger partial charge in [-0.2, -0.15) is 4.98 Å². The fraction of sp³-hybridized carbons (Fsp3) is 0.423. The minimum Gasteiger partial charge on any atom is -0.497 e. The van der Waals surface area contributed by atoms with Gasteiger partial charge in [-0.05, 0) is 74.3 Å². The Morgan fingerprint density at radius 2 is 1.68 bits per heavy atom. The summed E-state index contributed by atoms with van der Waals surface area (Å²) in [5.74, 6) is 2.89. The molecular formula is C26H32N4O4. The van der Waals surface area contributed by atoms with E-state index in [1.54, 1.807) is 14.2 Å². The molecule has 0 bridgehead atoms. The number of nitrogens with one attached hydrogen (secondary N) is 1. The standard InChI is InChI=1S/C26H32N4O4/c1-4-23(18-5-9-21(32-2)10-6-18)27-26(31)20-13-15-30(16-14-20)17-24-28-25(29-34-24)19-7-11-22(33-3)12-8-19/h5-12,20,23H,4,13-17H2,1-3H3,(H,27,31). The van der Waals surface area contributed by atoms with Crippen LogP contribution >= 0.6 is 0 Å². The fourth-order valence-corrected chi connectivity index (χ4v) is 4.27. The van der Waals surface area contributed by atoms with Crippen LogP contribution in [-0.4, -0.2) is 48.3 Å². The minimum atomic E-state index is 0.00574. The molecule has 180 valence electrons. The number of hydrogen-bond acceptors (Lipinski definition) is 7. The number of carbonyl (C=O) groups excluding carboxylic acids is 1. The molecule has 0 saturated carbocycles. The number of benzene rings is 2. The van der Waals surface area contributed by atoms with Gasteiger partial charge < -0.3 is 19.3 Å². The molecule has 8 nitrogen and oxygen atoms in total. The van der Waals surface area contributed by atoms with E-state index < -0.39 is 0 Å². The highest BCUT2D eigenvalue weighted by atomic mass is 16.5. The summed E-state index contributed by atoms with van der Waals surface area (Å²) in [5, 5.41) is 7.34. The second kappa shape index (κ2) is 11.2. The Hall–Kier alpha value is -3.39. The smallest absolute Gasteiger partial charge is 0.241 e. The van der Waals surface area contributed by atoms with Crippen molar-refractivity contribution in [1.29, 1.82) is 0 Å². The van der Waals surface area contributed by atoms with E-state index in [1.807, 2.05) is 48.5 Å². The van der Waals surface area contributed by atoms with Gasteiger partial charge in [-0.25, -0.2) is 0 Å². The first-order valence-electron chi connectivity index (χ1n) is 11.7. The summed E-state index contributed by atoms with van der Waals surface area (Å²) in [6.45, 7) is 4.30. The van der Waals surface area contributed by atoms with Crippen LogP contribution in [0.3, 0.4) is 0 Å². The number of piperidine rings is 1. The third-order valence-electron chi connectivity index (χ3n) is 6.38. The summed E-state index contributed by atoms with van der Waals surface area (Å²) < 4.78 is 15.9. The molecule has 8 heteroatoms. The number of ether oxygens (including phenoxy) is 2. The van der Waals surface area contributed by atoms with Gasteiger partial charge in [-0.1, -0.05) is 24.2 Å². The van der Waals surface area contributed by atoms with E-state index in [0.29, 0.717) is 18.3 Å². The molecule has 1 saturated heterocycles. The maximum atomic E-state index is 12.9. The molecule has 0 spiro atoms. The predicted molar refractivity (Wildman–Crippen MR) is 128 cm³/mol. The number of aromatic nitrogens is 2. The Balaban J connectivity index is 1.27. The third-order valence-corrected chi connectivity index (χ3v) is 6.38. The van der Waals surface area contributed by atoms with Gasteiger partial charge in [0.15, 0.2) is 0 Å². The topological polar surface area (TPSA) is 89.7 Å². The number of hydrogen-bond donors (Lipinski definition) is 1. The molecule has 1 N–H and O–H groups in total. The summed E-state index contributed by atoms with van der Waals surface area (Å²) in [4.78, 5) is 19.7. The van der Waals surface area contributed by atoms with E-state index in [1.165, 1.54) is 0 Å². The second-order valence-electron chi connectivity index (χ2n) is 8.53.